The van der Waals surface area contributed by atoms with Crippen LogP contribution in [0.2, 0.25) is 0 Å². The van der Waals surface area contributed by atoms with Gasteiger partial charge in [-0.3, -0.25) is 0 Å². The van der Waals surface area contributed by atoms with Crippen LogP contribution in [0.3, 0.4) is 0 Å². The number of benzene rings is 1. The fourth-order valence-electron chi connectivity index (χ4n) is 2.73. The second kappa shape index (κ2) is 5.70. The van der Waals surface area contributed by atoms with Crippen molar-refractivity contribution in [2.24, 2.45) is 4.99 Å². The highest BCUT2D eigenvalue weighted by Crippen LogP contribution is 2.17. The molecule has 0 radical (unpaired) electrons. The average molecular weight is 262 g/mol. The quantitative estimate of drug-likeness (QED) is 0.907. The van der Waals surface area contributed by atoms with Gasteiger partial charge in [-0.05, 0) is 43.5 Å². The molecular formula is C15H19FN2O. The molecule has 0 spiro atoms. The Kier molecular flexibility index (Phi) is 3.78. The fourth-order valence-corrected chi connectivity index (χ4v) is 2.73. The molecule has 2 unspecified atom stereocenters. The Labute approximate surface area is 112 Å². The summed E-state index contributed by atoms with van der Waals surface area (Å²) in [7, 11) is 0. The monoisotopic (exact) mass is 262 g/mol. The van der Waals surface area contributed by atoms with E-state index in [-0.39, 0.29) is 17.9 Å². The highest BCUT2D eigenvalue weighted by Gasteiger charge is 2.26. The third-order valence-electron chi connectivity index (χ3n) is 3.70. The number of piperidine rings is 1. The van der Waals surface area contributed by atoms with Crippen LogP contribution in [0, 0.1) is 5.82 Å². The molecule has 2 heterocycles. The van der Waals surface area contributed by atoms with E-state index in [1.54, 1.807) is 12.1 Å². The molecule has 2 atom stereocenters. The lowest BCUT2D eigenvalue weighted by molar-refractivity contribution is 0.291. The molecule has 0 bridgehead atoms. The minimum atomic E-state index is -0.186. The molecule has 0 amide bonds. The zero-order valence-corrected chi connectivity index (χ0v) is 10.9. The van der Waals surface area contributed by atoms with Gasteiger partial charge in [0.25, 0.3) is 0 Å². The van der Waals surface area contributed by atoms with Gasteiger partial charge in [-0.2, -0.15) is 0 Å². The summed E-state index contributed by atoms with van der Waals surface area (Å²) in [6.07, 6.45) is 4.31. The van der Waals surface area contributed by atoms with Gasteiger partial charge >= 0.3 is 0 Å². The lowest BCUT2D eigenvalue weighted by Crippen LogP contribution is -2.40. The van der Waals surface area contributed by atoms with E-state index >= 15 is 0 Å². The molecule has 19 heavy (non-hydrogen) atoms. The summed E-state index contributed by atoms with van der Waals surface area (Å²) >= 11 is 0. The second-order valence-electron chi connectivity index (χ2n) is 5.27. The second-order valence-corrected chi connectivity index (χ2v) is 5.27. The van der Waals surface area contributed by atoms with Crippen LogP contribution < -0.4 is 5.32 Å². The Morgan fingerprint density at radius 3 is 3.11 bits per heavy atom. The van der Waals surface area contributed by atoms with E-state index in [9.17, 15) is 4.39 Å². The number of nitrogens with zero attached hydrogens (tertiary/aromatic N) is 1. The smallest absolute Gasteiger partial charge is 0.201 e. The van der Waals surface area contributed by atoms with Gasteiger partial charge in [0.15, 0.2) is 0 Å². The van der Waals surface area contributed by atoms with Crippen molar-refractivity contribution < 1.29 is 9.13 Å². The molecule has 1 N–H and O–H groups in total. The molecule has 2 aliphatic heterocycles. The van der Waals surface area contributed by atoms with Crippen molar-refractivity contribution in [3.8, 4) is 0 Å². The van der Waals surface area contributed by atoms with E-state index in [4.69, 9.17) is 4.74 Å². The van der Waals surface area contributed by atoms with Crippen molar-refractivity contribution >= 4 is 5.90 Å². The Morgan fingerprint density at radius 2 is 2.32 bits per heavy atom. The van der Waals surface area contributed by atoms with Crippen LogP contribution >= 0.6 is 0 Å². The number of ether oxygens (including phenoxy) is 1. The van der Waals surface area contributed by atoms with Crippen LogP contribution in [-0.2, 0) is 11.2 Å². The Bertz CT molecular complexity index is 469. The molecule has 0 aromatic heterocycles. The molecule has 3 rings (SSSR count). The standard InChI is InChI=1S/C15H19FN2O/c16-12-5-3-4-11(8-12)9-13-10-19-15(18-13)14-6-1-2-7-17-14/h3-5,8,13-14,17H,1-2,6-7,9-10H2. The molecule has 2 aliphatic rings. The highest BCUT2D eigenvalue weighted by atomic mass is 19.1. The van der Waals surface area contributed by atoms with Crippen LogP contribution in [0.5, 0.6) is 0 Å². The van der Waals surface area contributed by atoms with Crippen molar-refractivity contribution in [3.05, 3.63) is 35.6 Å². The van der Waals surface area contributed by atoms with Crippen LogP contribution in [0.1, 0.15) is 24.8 Å². The number of halogens is 1. The van der Waals surface area contributed by atoms with Crippen LogP contribution in [0.25, 0.3) is 0 Å². The molecule has 4 heteroatoms. The maximum atomic E-state index is 13.1. The molecule has 102 valence electrons. The molecule has 1 aromatic rings. The first-order valence-corrected chi connectivity index (χ1v) is 6.99. The van der Waals surface area contributed by atoms with Crippen molar-refractivity contribution in [2.75, 3.05) is 13.2 Å². The molecule has 0 saturated carbocycles. The number of hydrogen-bond acceptors (Lipinski definition) is 3. The minimum absolute atomic E-state index is 0.125. The van der Waals surface area contributed by atoms with Crippen molar-refractivity contribution in [2.45, 2.75) is 37.8 Å². The minimum Gasteiger partial charge on any atom is -0.478 e. The van der Waals surface area contributed by atoms with Crippen molar-refractivity contribution in [1.82, 2.24) is 5.32 Å². The van der Waals surface area contributed by atoms with Gasteiger partial charge in [-0.15, -0.1) is 0 Å². The summed E-state index contributed by atoms with van der Waals surface area (Å²) in [5, 5.41) is 3.44. The first kappa shape index (κ1) is 12.6. The normalized spacial score (nSPS) is 26.9. The molecule has 3 nitrogen and oxygen atoms in total. The van der Waals surface area contributed by atoms with E-state index in [1.807, 2.05) is 6.07 Å². The Hall–Kier alpha value is -1.42. The summed E-state index contributed by atoms with van der Waals surface area (Å²) in [6, 6.07) is 7.14. The largest absolute Gasteiger partial charge is 0.478 e. The molecule has 1 aromatic carbocycles. The predicted octanol–water partition coefficient (Wildman–Crippen LogP) is 2.31. The summed E-state index contributed by atoms with van der Waals surface area (Å²) in [5.74, 6) is 0.663. The molecule has 1 saturated heterocycles. The summed E-state index contributed by atoms with van der Waals surface area (Å²) < 4.78 is 18.8. The van der Waals surface area contributed by atoms with E-state index in [0.29, 0.717) is 6.61 Å². The lowest BCUT2D eigenvalue weighted by Gasteiger charge is -2.22. The Morgan fingerprint density at radius 1 is 1.37 bits per heavy atom. The van der Waals surface area contributed by atoms with Gasteiger partial charge < -0.3 is 10.1 Å². The number of rotatable bonds is 3. The summed E-state index contributed by atoms with van der Waals surface area (Å²) in [4.78, 5) is 4.65. The van der Waals surface area contributed by atoms with Crippen molar-refractivity contribution in [1.29, 1.82) is 0 Å². The van der Waals surface area contributed by atoms with Crippen LogP contribution in [0.15, 0.2) is 29.3 Å². The van der Waals surface area contributed by atoms with Gasteiger partial charge in [-0.25, -0.2) is 9.38 Å². The van der Waals surface area contributed by atoms with Gasteiger partial charge in [0.05, 0.1) is 12.1 Å². The lowest BCUT2D eigenvalue weighted by atomic mass is 10.0. The highest BCUT2D eigenvalue weighted by molar-refractivity contribution is 5.83. The topological polar surface area (TPSA) is 33.6 Å². The van der Waals surface area contributed by atoms with Gasteiger partial charge in [0.1, 0.15) is 12.4 Å². The van der Waals surface area contributed by atoms with Gasteiger partial charge in [-0.1, -0.05) is 18.6 Å². The summed E-state index contributed by atoms with van der Waals surface area (Å²) in [5.41, 5.74) is 0.982. The van der Waals surface area contributed by atoms with E-state index in [2.05, 4.69) is 10.3 Å². The molecule has 0 aliphatic carbocycles. The maximum absolute atomic E-state index is 13.1. The van der Waals surface area contributed by atoms with Crippen molar-refractivity contribution in [3.63, 3.8) is 0 Å². The molecular weight excluding hydrogens is 243 g/mol. The van der Waals surface area contributed by atoms with Crippen LogP contribution in [0.4, 0.5) is 4.39 Å². The zero-order valence-electron chi connectivity index (χ0n) is 10.9. The average Bonchev–Trinajstić information content (AvgIpc) is 2.88. The Balaban J connectivity index is 1.62. The third kappa shape index (κ3) is 3.13. The third-order valence-corrected chi connectivity index (χ3v) is 3.70. The zero-order chi connectivity index (χ0) is 13.1. The number of nitrogens with one attached hydrogen (secondary N) is 1. The fraction of sp³-hybridized carbons (Fsp3) is 0.533. The van der Waals surface area contributed by atoms with E-state index in [0.717, 1.165) is 30.8 Å². The van der Waals surface area contributed by atoms with Gasteiger partial charge in [0.2, 0.25) is 5.90 Å². The predicted molar refractivity (Wildman–Crippen MR) is 72.9 cm³/mol. The first-order chi connectivity index (χ1) is 9.31. The number of hydrogen-bond donors (Lipinski definition) is 1. The maximum Gasteiger partial charge on any atom is 0.201 e. The van der Waals surface area contributed by atoms with E-state index in [1.165, 1.54) is 18.9 Å². The number of aliphatic imine (C=N–C) groups is 1. The summed E-state index contributed by atoms with van der Waals surface area (Å²) in [6.45, 7) is 1.66. The first-order valence-electron chi connectivity index (χ1n) is 6.99. The van der Waals surface area contributed by atoms with Gasteiger partial charge in [0, 0.05) is 0 Å². The van der Waals surface area contributed by atoms with Crippen LogP contribution in [-0.4, -0.2) is 31.1 Å². The SMILES string of the molecule is Fc1cccc(CC2COC(C3CCCCN3)=N2)c1. The van der Waals surface area contributed by atoms with E-state index < -0.39 is 0 Å². The molecule has 1 fully saturated rings.